The zero-order valence-corrected chi connectivity index (χ0v) is 16.1. The van der Waals surface area contributed by atoms with Crippen LogP contribution in [-0.4, -0.2) is 26.5 Å². The Morgan fingerprint density at radius 2 is 2.04 bits per heavy atom. The van der Waals surface area contributed by atoms with Crippen molar-refractivity contribution in [2.45, 2.75) is 18.7 Å². The normalized spacial score (nSPS) is 10.6. The van der Waals surface area contributed by atoms with Crippen molar-refractivity contribution in [1.82, 2.24) is 14.9 Å². The summed E-state index contributed by atoms with van der Waals surface area (Å²) >= 11 is 7.12. The Hall–Kier alpha value is -2.71. The van der Waals surface area contributed by atoms with Crippen LogP contribution in [0, 0.1) is 6.92 Å². The molecule has 140 valence electrons. The molecule has 27 heavy (non-hydrogen) atoms. The van der Waals surface area contributed by atoms with Crippen LogP contribution in [0.2, 0.25) is 5.02 Å². The zero-order valence-electron chi connectivity index (χ0n) is 14.6. The number of thioether (sulfide) groups is 1. The molecule has 2 aromatic carbocycles. The first-order valence-electron chi connectivity index (χ1n) is 8.09. The highest BCUT2D eigenvalue weighted by atomic mass is 35.5. The predicted octanol–water partition coefficient (Wildman–Crippen LogP) is 3.26. The lowest BCUT2D eigenvalue weighted by Gasteiger charge is -2.08. The third-order valence-electron chi connectivity index (χ3n) is 3.64. The van der Waals surface area contributed by atoms with Crippen LogP contribution in [0.15, 0.2) is 53.7 Å². The first-order valence-corrected chi connectivity index (χ1v) is 9.45. The number of carbonyl (C=O) groups excluding carboxylic acids is 1. The molecule has 0 aliphatic heterocycles. The highest BCUT2D eigenvalue weighted by Crippen LogP contribution is 2.21. The van der Waals surface area contributed by atoms with Gasteiger partial charge >= 0.3 is 0 Å². The summed E-state index contributed by atoms with van der Waals surface area (Å²) in [6.45, 7) is 2.06. The maximum Gasteiger partial charge on any atom is 0.234 e. The quantitative estimate of drug-likeness (QED) is 0.464. The number of hydrogen-bond acceptors (Lipinski definition) is 6. The number of nitrogens with one attached hydrogen (secondary N) is 1. The number of aryl methyl sites for hydroxylation is 1. The molecule has 0 spiro atoms. The number of anilines is 1. The summed E-state index contributed by atoms with van der Waals surface area (Å²) in [6.07, 6.45) is 0. The molecule has 0 unspecified atom stereocenters. The van der Waals surface area contributed by atoms with Crippen LogP contribution in [0.25, 0.3) is 0 Å². The molecule has 0 saturated carbocycles. The molecule has 0 bridgehead atoms. The monoisotopic (exact) mass is 403 g/mol. The van der Waals surface area contributed by atoms with E-state index in [1.807, 2.05) is 37.3 Å². The molecule has 1 aromatic heterocycles. The van der Waals surface area contributed by atoms with Crippen molar-refractivity contribution in [2.75, 3.05) is 16.9 Å². The van der Waals surface area contributed by atoms with E-state index < -0.39 is 0 Å². The first-order chi connectivity index (χ1) is 13.0. The van der Waals surface area contributed by atoms with Crippen molar-refractivity contribution in [3.05, 3.63) is 64.9 Å². The van der Waals surface area contributed by atoms with E-state index in [0.717, 1.165) is 11.3 Å². The van der Waals surface area contributed by atoms with E-state index in [9.17, 15) is 4.79 Å². The van der Waals surface area contributed by atoms with E-state index in [1.54, 1.807) is 18.2 Å². The highest BCUT2D eigenvalue weighted by Gasteiger charge is 2.13. The van der Waals surface area contributed by atoms with E-state index in [0.29, 0.717) is 21.8 Å². The van der Waals surface area contributed by atoms with Crippen molar-refractivity contribution in [3.63, 3.8) is 0 Å². The topological polar surface area (TPSA) is 95.1 Å². The average molecular weight is 404 g/mol. The number of nitrogens with two attached hydrogens (primary N) is 1. The number of amides is 1. The number of rotatable bonds is 7. The molecule has 1 heterocycles. The zero-order chi connectivity index (χ0) is 19.2. The molecule has 0 fully saturated rings. The lowest BCUT2D eigenvalue weighted by molar-refractivity contribution is -0.113. The van der Waals surface area contributed by atoms with Gasteiger partial charge in [-0.3, -0.25) is 4.79 Å². The maximum absolute atomic E-state index is 12.2. The molecule has 3 aromatic rings. The van der Waals surface area contributed by atoms with Crippen molar-refractivity contribution in [1.29, 1.82) is 0 Å². The smallest absolute Gasteiger partial charge is 0.234 e. The fourth-order valence-electron chi connectivity index (χ4n) is 2.25. The van der Waals surface area contributed by atoms with E-state index >= 15 is 0 Å². The molecular weight excluding hydrogens is 386 g/mol. The summed E-state index contributed by atoms with van der Waals surface area (Å²) in [5.74, 6) is 7.15. The molecule has 0 atom stereocenters. The minimum Gasteiger partial charge on any atom is -0.486 e. The summed E-state index contributed by atoms with van der Waals surface area (Å²) < 4.78 is 6.94. The summed E-state index contributed by atoms with van der Waals surface area (Å²) in [5.41, 5.74) is 1.61. The van der Waals surface area contributed by atoms with Crippen LogP contribution >= 0.6 is 23.4 Å². The van der Waals surface area contributed by atoms with Crippen molar-refractivity contribution < 1.29 is 9.53 Å². The summed E-state index contributed by atoms with van der Waals surface area (Å²) in [4.78, 5) is 12.2. The lowest BCUT2D eigenvalue weighted by Crippen LogP contribution is -2.18. The number of para-hydroxylation sites is 1. The SMILES string of the molecule is Cc1cc(Cl)ccc1NC(=O)CSc1nnc(COc2ccccc2)n1N. The molecule has 0 radical (unpaired) electrons. The van der Waals surface area contributed by atoms with Gasteiger partial charge in [-0.1, -0.05) is 41.6 Å². The first kappa shape index (κ1) is 19.1. The molecule has 3 N–H and O–H groups in total. The van der Waals surface area contributed by atoms with Crippen molar-refractivity contribution in [3.8, 4) is 5.75 Å². The molecule has 0 saturated heterocycles. The van der Waals surface area contributed by atoms with E-state index in [2.05, 4.69) is 15.5 Å². The summed E-state index contributed by atoms with van der Waals surface area (Å²) in [7, 11) is 0. The van der Waals surface area contributed by atoms with Gasteiger partial charge in [-0.2, -0.15) is 0 Å². The number of nitrogens with zero attached hydrogens (tertiary/aromatic N) is 3. The minimum absolute atomic E-state index is 0.150. The summed E-state index contributed by atoms with van der Waals surface area (Å²) in [6, 6.07) is 14.6. The number of aromatic nitrogens is 3. The molecule has 3 rings (SSSR count). The Morgan fingerprint density at radius 1 is 1.26 bits per heavy atom. The van der Waals surface area contributed by atoms with Gasteiger partial charge in [0.15, 0.2) is 5.82 Å². The predicted molar refractivity (Wildman–Crippen MR) is 106 cm³/mol. The maximum atomic E-state index is 12.2. The number of halogens is 1. The second-order valence-corrected chi connectivity index (χ2v) is 7.05. The summed E-state index contributed by atoms with van der Waals surface area (Å²) in [5, 5.41) is 11.9. The van der Waals surface area contributed by atoms with Crippen LogP contribution in [0.4, 0.5) is 5.69 Å². The molecule has 0 aliphatic rings. The molecule has 7 nitrogen and oxygen atoms in total. The fraction of sp³-hybridized carbons (Fsp3) is 0.167. The molecule has 1 amide bonds. The van der Waals surface area contributed by atoms with Gasteiger partial charge < -0.3 is 15.9 Å². The second-order valence-electron chi connectivity index (χ2n) is 5.67. The van der Waals surface area contributed by atoms with E-state index in [4.69, 9.17) is 22.2 Å². The number of nitrogen functional groups attached to an aromatic ring is 1. The van der Waals surface area contributed by atoms with Gasteiger partial charge in [-0.15, -0.1) is 10.2 Å². The number of hydrogen-bond donors (Lipinski definition) is 2. The van der Waals surface area contributed by atoms with Gasteiger partial charge in [0.05, 0.1) is 5.75 Å². The van der Waals surface area contributed by atoms with Crippen LogP contribution in [0.3, 0.4) is 0 Å². The minimum atomic E-state index is -0.171. The fourth-order valence-corrected chi connectivity index (χ4v) is 3.15. The molecular formula is C18H18ClN5O2S. The largest absolute Gasteiger partial charge is 0.486 e. The van der Waals surface area contributed by atoms with Crippen LogP contribution < -0.4 is 15.9 Å². The van der Waals surface area contributed by atoms with Crippen molar-refractivity contribution >= 4 is 35.0 Å². The molecule has 0 aliphatic carbocycles. The van der Waals surface area contributed by atoms with Crippen LogP contribution in [0.5, 0.6) is 5.75 Å². The third kappa shape index (κ3) is 5.15. The van der Waals surface area contributed by atoms with Crippen LogP contribution in [-0.2, 0) is 11.4 Å². The Kier molecular flexibility index (Phi) is 6.20. The van der Waals surface area contributed by atoms with Gasteiger partial charge in [0.1, 0.15) is 12.4 Å². The standard InChI is InChI=1S/C18H18ClN5O2S/c1-12-9-13(19)7-8-15(12)21-17(25)11-27-18-23-22-16(24(18)20)10-26-14-5-3-2-4-6-14/h2-9H,10-11,20H2,1H3,(H,21,25). The Morgan fingerprint density at radius 3 is 2.78 bits per heavy atom. The molecule has 9 heteroatoms. The Bertz CT molecular complexity index is 933. The second kappa shape index (κ2) is 8.79. The number of benzene rings is 2. The Labute approximate surface area is 165 Å². The van der Waals surface area contributed by atoms with Gasteiger partial charge in [0.25, 0.3) is 0 Å². The van der Waals surface area contributed by atoms with Gasteiger partial charge in [0, 0.05) is 10.7 Å². The van der Waals surface area contributed by atoms with Gasteiger partial charge in [0.2, 0.25) is 11.1 Å². The lowest BCUT2D eigenvalue weighted by atomic mass is 10.2. The van der Waals surface area contributed by atoms with Gasteiger partial charge in [-0.05, 0) is 42.8 Å². The number of ether oxygens (including phenoxy) is 1. The van der Waals surface area contributed by atoms with Crippen molar-refractivity contribution in [2.24, 2.45) is 0 Å². The van der Waals surface area contributed by atoms with E-state index in [1.165, 1.54) is 16.4 Å². The van der Waals surface area contributed by atoms with Crippen LogP contribution in [0.1, 0.15) is 11.4 Å². The van der Waals surface area contributed by atoms with Gasteiger partial charge in [-0.25, -0.2) is 4.68 Å². The average Bonchev–Trinajstić information content (AvgIpc) is 3.01. The third-order valence-corrected chi connectivity index (χ3v) is 4.82. The highest BCUT2D eigenvalue weighted by molar-refractivity contribution is 7.99. The number of carbonyl (C=O) groups is 1. The van der Waals surface area contributed by atoms with E-state index in [-0.39, 0.29) is 18.3 Å². The Balaban J connectivity index is 1.53.